The molecule has 5 nitrogen and oxygen atoms in total. The lowest BCUT2D eigenvalue weighted by Crippen LogP contribution is -2.52. The van der Waals surface area contributed by atoms with E-state index in [1.807, 2.05) is 5.32 Å². The van der Waals surface area contributed by atoms with Crippen LogP contribution in [0.15, 0.2) is 12.1 Å². The van der Waals surface area contributed by atoms with E-state index in [4.69, 9.17) is 0 Å². The molecule has 1 aliphatic heterocycles. The number of amides is 3. The summed E-state index contributed by atoms with van der Waals surface area (Å²) in [6, 6.07) is 1.23. The van der Waals surface area contributed by atoms with E-state index in [1.165, 1.54) is 13.0 Å². The van der Waals surface area contributed by atoms with E-state index in [1.54, 1.807) is 0 Å². The van der Waals surface area contributed by atoms with Gasteiger partial charge in [0.1, 0.15) is 23.2 Å². The summed E-state index contributed by atoms with van der Waals surface area (Å²) in [4.78, 5) is 34.3. The Balaban J connectivity index is 2.19. The van der Waals surface area contributed by atoms with E-state index in [0.717, 1.165) is 6.07 Å². The van der Waals surface area contributed by atoms with Crippen LogP contribution in [0.25, 0.3) is 0 Å². The zero-order valence-corrected chi connectivity index (χ0v) is 10.6. The Morgan fingerprint density at radius 2 is 2.05 bits per heavy atom. The first-order valence-electron chi connectivity index (χ1n) is 5.99. The maximum atomic E-state index is 13.8. The Hall–Kier alpha value is -2.31. The monoisotopic (exact) mass is 282 g/mol. The summed E-state index contributed by atoms with van der Waals surface area (Å²) in [6.45, 7) is 1.40. The van der Waals surface area contributed by atoms with Crippen LogP contribution >= 0.6 is 0 Å². The van der Waals surface area contributed by atoms with Crippen molar-refractivity contribution < 1.29 is 23.2 Å². The molecule has 0 aliphatic carbocycles. The fourth-order valence-electron chi connectivity index (χ4n) is 1.93. The fraction of sp³-hybridized carbons (Fsp3) is 0.308. The summed E-state index contributed by atoms with van der Waals surface area (Å²) < 4.78 is 27.3. The molecular formula is C13H12F2N2O3. The fourth-order valence-corrected chi connectivity index (χ4v) is 1.93. The van der Waals surface area contributed by atoms with Gasteiger partial charge in [0.05, 0.1) is 0 Å². The topological polar surface area (TPSA) is 75.3 Å². The number of hydrogen-bond donors (Lipinski definition) is 2. The van der Waals surface area contributed by atoms with Crippen LogP contribution in [-0.4, -0.2) is 23.8 Å². The summed E-state index contributed by atoms with van der Waals surface area (Å²) in [5.41, 5.74) is -0.602. The Morgan fingerprint density at radius 1 is 1.35 bits per heavy atom. The van der Waals surface area contributed by atoms with Gasteiger partial charge >= 0.3 is 0 Å². The van der Waals surface area contributed by atoms with Crippen LogP contribution < -0.4 is 10.6 Å². The maximum absolute atomic E-state index is 13.8. The third-order valence-corrected chi connectivity index (χ3v) is 3.06. The van der Waals surface area contributed by atoms with Gasteiger partial charge < -0.3 is 5.32 Å². The molecule has 0 spiro atoms. The zero-order valence-electron chi connectivity index (χ0n) is 10.6. The van der Waals surface area contributed by atoms with Gasteiger partial charge in [0.15, 0.2) is 0 Å². The first-order valence-corrected chi connectivity index (χ1v) is 5.99. The van der Waals surface area contributed by atoms with E-state index in [-0.39, 0.29) is 18.4 Å². The minimum Gasteiger partial charge on any atom is -0.340 e. The number of nitrogens with one attached hydrogen (secondary N) is 2. The van der Waals surface area contributed by atoms with Gasteiger partial charge in [-0.15, -0.1) is 0 Å². The number of halogens is 2. The van der Waals surface area contributed by atoms with Gasteiger partial charge in [0, 0.05) is 6.42 Å². The number of piperidine rings is 1. The van der Waals surface area contributed by atoms with Gasteiger partial charge in [0.25, 0.3) is 5.91 Å². The number of hydrogen-bond acceptors (Lipinski definition) is 3. The molecule has 0 bridgehead atoms. The van der Waals surface area contributed by atoms with E-state index < -0.39 is 41.0 Å². The molecule has 1 aromatic carbocycles. The van der Waals surface area contributed by atoms with Crippen molar-refractivity contribution in [3.63, 3.8) is 0 Å². The number of imide groups is 1. The highest BCUT2D eigenvalue weighted by atomic mass is 19.1. The standard InChI is InChI=1S/C13H12F2N2O3/c1-6-2-3-7(14)10(11(6)15)13(20)16-8-4-5-9(18)17-12(8)19/h2-3,8H,4-5H2,1H3,(H,16,20)(H,17,18,19). The van der Waals surface area contributed by atoms with Crippen LogP contribution in [-0.2, 0) is 9.59 Å². The van der Waals surface area contributed by atoms with Crippen molar-refractivity contribution in [3.05, 3.63) is 34.9 Å². The molecule has 1 saturated heterocycles. The van der Waals surface area contributed by atoms with Crippen molar-refractivity contribution in [3.8, 4) is 0 Å². The number of benzene rings is 1. The first kappa shape index (κ1) is 14.1. The molecule has 1 heterocycles. The number of carbonyl (C=O) groups excluding carboxylic acids is 3. The SMILES string of the molecule is Cc1ccc(F)c(C(=O)NC2CCC(=O)NC2=O)c1F. The Bertz CT molecular complexity index is 602. The molecule has 20 heavy (non-hydrogen) atoms. The largest absolute Gasteiger partial charge is 0.340 e. The normalized spacial score (nSPS) is 18.6. The summed E-state index contributed by atoms with van der Waals surface area (Å²) in [6.07, 6.45) is 0.168. The Kier molecular flexibility index (Phi) is 3.78. The van der Waals surface area contributed by atoms with Gasteiger partial charge in [0.2, 0.25) is 11.8 Å². The quantitative estimate of drug-likeness (QED) is 0.788. The van der Waals surface area contributed by atoms with Crippen LogP contribution in [0.4, 0.5) is 8.78 Å². The van der Waals surface area contributed by atoms with Crippen molar-refractivity contribution in [1.82, 2.24) is 10.6 Å². The Labute approximate surface area is 113 Å². The van der Waals surface area contributed by atoms with Crippen LogP contribution in [0.2, 0.25) is 0 Å². The van der Waals surface area contributed by atoms with E-state index >= 15 is 0 Å². The molecule has 2 N–H and O–H groups in total. The van der Waals surface area contributed by atoms with Crippen molar-refractivity contribution in [2.75, 3.05) is 0 Å². The summed E-state index contributed by atoms with van der Waals surface area (Å²) in [5, 5.41) is 4.28. The van der Waals surface area contributed by atoms with Gasteiger partial charge in [-0.25, -0.2) is 8.78 Å². The third-order valence-electron chi connectivity index (χ3n) is 3.06. The first-order chi connectivity index (χ1) is 9.40. The van der Waals surface area contributed by atoms with Gasteiger partial charge in [-0.3, -0.25) is 19.7 Å². The smallest absolute Gasteiger partial charge is 0.257 e. The molecule has 3 amide bonds. The summed E-state index contributed by atoms with van der Waals surface area (Å²) >= 11 is 0. The molecule has 0 radical (unpaired) electrons. The van der Waals surface area contributed by atoms with Crippen molar-refractivity contribution in [2.24, 2.45) is 0 Å². The molecule has 1 aliphatic rings. The van der Waals surface area contributed by atoms with E-state index in [0.29, 0.717) is 0 Å². The van der Waals surface area contributed by atoms with E-state index in [2.05, 4.69) is 5.32 Å². The molecule has 1 aromatic rings. The van der Waals surface area contributed by atoms with Gasteiger partial charge in [-0.2, -0.15) is 0 Å². The van der Waals surface area contributed by atoms with Crippen molar-refractivity contribution in [2.45, 2.75) is 25.8 Å². The number of carbonyl (C=O) groups is 3. The highest BCUT2D eigenvalue weighted by Gasteiger charge is 2.29. The minimum atomic E-state index is -1.02. The molecular weight excluding hydrogens is 270 g/mol. The second kappa shape index (κ2) is 5.36. The molecule has 7 heteroatoms. The van der Waals surface area contributed by atoms with Crippen LogP contribution in [0, 0.1) is 18.6 Å². The van der Waals surface area contributed by atoms with Crippen molar-refractivity contribution >= 4 is 17.7 Å². The average molecular weight is 282 g/mol. The zero-order chi connectivity index (χ0) is 14.9. The molecule has 1 fully saturated rings. The number of aryl methyl sites for hydroxylation is 1. The molecule has 2 rings (SSSR count). The van der Waals surface area contributed by atoms with Crippen LogP contribution in [0.3, 0.4) is 0 Å². The van der Waals surface area contributed by atoms with Crippen LogP contribution in [0.1, 0.15) is 28.8 Å². The molecule has 0 saturated carbocycles. The van der Waals surface area contributed by atoms with E-state index in [9.17, 15) is 23.2 Å². The lowest BCUT2D eigenvalue weighted by atomic mass is 10.0. The molecule has 106 valence electrons. The lowest BCUT2D eigenvalue weighted by Gasteiger charge is -2.22. The molecule has 1 unspecified atom stereocenters. The Morgan fingerprint density at radius 3 is 2.70 bits per heavy atom. The van der Waals surface area contributed by atoms with Crippen molar-refractivity contribution in [1.29, 1.82) is 0 Å². The highest BCUT2D eigenvalue weighted by Crippen LogP contribution is 2.17. The number of rotatable bonds is 2. The molecule has 0 aromatic heterocycles. The third kappa shape index (κ3) is 2.66. The van der Waals surface area contributed by atoms with Gasteiger partial charge in [-0.05, 0) is 25.0 Å². The second-order valence-corrected chi connectivity index (χ2v) is 4.53. The lowest BCUT2D eigenvalue weighted by molar-refractivity contribution is -0.134. The average Bonchev–Trinajstić information content (AvgIpc) is 2.38. The van der Waals surface area contributed by atoms with Gasteiger partial charge in [-0.1, -0.05) is 6.07 Å². The summed E-state index contributed by atoms with van der Waals surface area (Å²) in [7, 11) is 0. The molecule has 1 atom stereocenters. The predicted molar refractivity (Wildman–Crippen MR) is 64.7 cm³/mol. The predicted octanol–water partition coefficient (Wildman–Crippen LogP) is 0.808. The maximum Gasteiger partial charge on any atom is 0.257 e. The minimum absolute atomic E-state index is 0.0649. The highest BCUT2D eigenvalue weighted by molar-refractivity contribution is 6.03. The second-order valence-electron chi connectivity index (χ2n) is 4.53. The summed E-state index contributed by atoms with van der Waals surface area (Å²) in [5.74, 6) is -4.10. The van der Waals surface area contributed by atoms with Crippen LogP contribution in [0.5, 0.6) is 0 Å².